The van der Waals surface area contributed by atoms with Gasteiger partial charge in [-0.15, -0.1) is 11.3 Å². The number of benzene rings is 1. The second-order valence-electron chi connectivity index (χ2n) is 5.11. The first-order chi connectivity index (χ1) is 9.67. The molecule has 108 valence electrons. The van der Waals surface area contributed by atoms with Gasteiger partial charge in [0.2, 0.25) is 0 Å². The summed E-state index contributed by atoms with van der Waals surface area (Å²) >= 11 is 1.73. The van der Waals surface area contributed by atoms with Crippen LogP contribution in [0.4, 0.5) is 0 Å². The van der Waals surface area contributed by atoms with Crippen molar-refractivity contribution in [3.8, 4) is 5.75 Å². The minimum Gasteiger partial charge on any atom is -0.508 e. The summed E-state index contributed by atoms with van der Waals surface area (Å²) in [4.78, 5) is 4.55. The molecule has 4 heteroatoms. The van der Waals surface area contributed by atoms with E-state index < -0.39 is 0 Å². The lowest BCUT2D eigenvalue weighted by atomic mass is 10.0. The molecular weight excluding hydrogens is 268 g/mol. The number of hydrogen-bond acceptors (Lipinski definition) is 4. The number of phenolic OH excluding ortho intramolecular Hbond substituents is 1. The van der Waals surface area contributed by atoms with E-state index in [0.717, 1.165) is 31.5 Å². The Labute approximate surface area is 124 Å². The number of thiazole rings is 1. The molecule has 0 aliphatic carbocycles. The quantitative estimate of drug-likeness (QED) is 0.822. The van der Waals surface area contributed by atoms with E-state index in [4.69, 9.17) is 0 Å². The smallest absolute Gasteiger partial charge is 0.115 e. The Morgan fingerprint density at radius 3 is 2.60 bits per heavy atom. The van der Waals surface area contributed by atoms with Gasteiger partial charge in [-0.25, -0.2) is 4.98 Å². The van der Waals surface area contributed by atoms with Crippen molar-refractivity contribution in [3.63, 3.8) is 0 Å². The number of aryl methyl sites for hydroxylation is 1. The lowest BCUT2D eigenvalue weighted by molar-refractivity contribution is 0.474. The summed E-state index contributed by atoms with van der Waals surface area (Å²) < 4.78 is 0. The fourth-order valence-corrected chi connectivity index (χ4v) is 3.04. The first-order valence-electron chi connectivity index (χ1n) is 7.09. The van der Waals surface area contributed by atoms with Crippen LogP contribution in [0.1, 0.15) is 29.6 Å². The predicted octanol–water partition coefficient (Wildman–Crippen LogP) is 3.31. The first kappa shape index (κ1) is 15.0. The van der Waals surface area contributed by atoms with E-state index in [9.17, 15) is 5.11 Å². The van der Waals surface area contributed by atoms with Crippen molar-refractivity contribution in [2.24, 2.45) is 0 Å². The molecule has 1 atom stereocenters. The van der Waals surface area contributed by atoms with Gasteiger partial charge in [0.15, 0.2) is 0 Å². The van der Waals surface area contributed by atoms with Gasteiger partial charge in [-0.2, -0.15) is 0 Å². The van der Waals surface area contributed by atoms with E-state index in [1.807, 2.05) is 19.1 Å². The molecule has 2 N–H and O–H groups in total. The summed E-state index contributed by atoms with van der Waals surface area (Å²) in [5.74, 6) is 0.322. The molecule has 0 aliphatic heterocycles. The summed E-state index contributed by atoms with van der Waals surface area (Å²) in [7, 11) is 0. The highest BCUT2D eigenvalue weighted by Crippen LogP contribution is 2.15. The number of hydrogen-bond donors (Lipinski definition) is 2. The third kappa shape index (κ3) is 4.62. The van der Waals surface area contributed by atoms with Gasteiger partial charge in [0.05, 0.1) is 5.01 Å². The summed E-state index contributed by atoms with van der Waals surface area (Å²) in [5, 5.41) is 16.2. The zero-order valence-electron chi connectivity index (χ0n) is 12.1. The molecule has 1 heterocycles. The molecular formula is C16H22N2OS. The molecule has 2 aromatic rings. The van der Waals surface area contributed by atoms with Crippen molar-refractivity contribution in [3.05, 3.63) is 45.9 Å². The molecule has 1 unspecified atom stereocenters. The van der Waals surface area contributed by atoms with Crippen LogP contribution >= 0.6 is 11.3 Å². The Morgan fingerprint density at radius 1 is 1.25 bits per heavy atom. The largest absolute Gasteiger partial charge is 0.508 e. The lowest BCUT2D eigenvalue weighted by Gasteiger charge is -2.17. The highest BCUT2D eigenvalue weighted by molar-refractivity contribution is 7.09. The molecule has 0 saturated heterocycles. The molecule has 0 fully saturated rings. The fourth-order valence-electron chi connectivity index (χ4n) is 2.19. The normalized spacial score (nSPS) is 12.5. The fraction of sp³-hybridized carbons (Fsp3) is 0.438. The van der Waals surface area contributed by atoms with Crippen molar-refractivity contribution in [1.82, 2.24) is 10.3 Å². The zero-order chi connectivity index (χ0) is 14.4. The van der Waals surface area contributed by atoms with Gasteiger partial charge >= 0.3 is 0 Å². The first-order valence-corrected chi connectivity index (χ1v) is 7.97. The topological polar surface area (TPSA) is 45.1 Å². The molecule has 1 aromatic heterocycles. The molecule has 1 aromatic carbocycles. The van der Waals surface area contributed by atoms with Gasteiger partial charge in [0.1, 0.15) is 5.75 Å². The maximum absolute atomic E-state index is 9.35. The van der Waals surface area contributed by atoms with Crippen LogP contribution in [0.15, 0.2) is 29.6 Å². The minimum absolute atomic E-state index is 0.322. The molecule has 20 heavy (non-hydrogen) atoms. The molecule has 0 aliphatic rings. The monoisotopic (exact) mass is 290 g/mol. The van der Waals surface area contributed by atoms with E-state index in [0.29, 0.717) is 11.8 Å². The van der Waals surface area contributed by atoms with Crippen molar-refractivity contribution < 1.29 is 5.11 Å². The SMILES string of the molecule is CCCNC(Cc1ccc(O)cc1)Cc1nc(C)cs1. The average molecular weight is 290 g/mol. The maximum atomic E-state index is 9.35. The summed E-state index contributed by atoms with van der Waals surface area (Å²) in [6, 6.07) is 7.87. The number of rotatable bonds is 7. The van der Waals surface area contributed by atoms with E-state index in [1.165, 1.54) is 10.6 Å². The summed E-state index contributed by atoms with van der Waals surface area (Å²) in [6.07, 6.45) is 3.04. The Bertz CT molecular complexity index is 522. The Morgan fingerprint density at radius 2 is 2.00 bits per heavy atom. The van der Waals surface area contributed by atoms with Crippen LogP contribution in [-0.4, -0.2) is 22.7 Å². The summed E-state index contributed by atoms with van der Waals surface area (Å²) in [6.45, 7) is 5.24. The molecule has 0 spiro atoms. The zero-order valence-corrected chi connectivity index (χ0v) is 12.9. The third-order valence-corrected chi connectivity index (χ3v) is 4.18. The predicted molar refractivity (Wildman–Crippen MR) is 84.4 cm³/mol. The van der Waals surface area contributed by atoms with Crippen LogP contribution in [0.2, 0.25) is 0 Å². The molecule has 3 nitrogen and oxygen atoms in total. The minimum atomic E-state index is 0.322. The number of nitrogens with one attached hydrogen (secondary N) is 1. The number of aromatic nitrogens is 1. The van der Waals surface area contributed by atoms with Crippen LogP contribution in [0.25, 0.3) is 0 Å². The molecule has 2 rings (SSSR count). The van der Waals surface area contributed by atoms with Gasteiger partial charge in [0.25, 0.3) is 0 Å². The van der Waals surface area contributed by atoms with E-state index in [-0.39, 0.29) is 0 Å². The van der Waals surface area contributed by atoms with E-state index in [1.54, 1.807) is 23.5 Å². The van der Waals surface area contributed by atoms with Crippen LogP contribution < -0.4 is 5.32 Å². The van der Waals surface area contributed by atoms with Crippen molar-refractivity contribution in [2.45, 2.75) is 39.2 Å². The van der Waals surface area contributed by atoms with Gasteiger partial charge in [-0.05, 0) is 44.0 Å². The number of phenols is 1. The number of nitrogens with zero attached hydrogens (tertiary/aromatic N) is 1. The molecule has 0 saturated carbocycles. The van der Waals surface area contributed by atoms with Crippen LogP contribution in [0.3, 0.4) is 0 Å². The van der Waals surface area contributed by atoms with Gasteiger partial charge in [0, 0.05) is 23.5 Å². The summed E-state index contributed by atoms with van der Waals surface area (Å²) in [5.41, 5.74) is 2.34. The lowest BCUT2D eigenvalue weighted by Crippen LogP contribution is -2.33. The van der Waals surface area contributed by atoms with Gasteiger partial charge in [-0.1, -0.05) is 19.1 Å². The third-order valence-electron chi connectivity index (χ3n) is 3.19. The van der Waals surface area contributed by atoms with Gasteiger partial charge < -0.3 is 10.4 Å². The van der Waals surface area contributed by atoms with Crippen molar-refractivity contribution >= 4 is 11.3 Å². The number of aromatic hydroxyl groups is 1. The van der Waals surface area contributed by atoms with Crippen molar-refractivity contribution in [1.29, 1.82) is 0 Å². The maximum Gasteiger partial charge on any atom is 0.115 e. The Balaban J connectivity index is 2.00. The van der Waals surface area contributed by atoms with Crippen LogP contribution in [-0.2, 0) is 12.8 Å². The van der Waals surface area contributed by atoms with Crippen molar-refractivity contribution in [2.75, 3.05) is 6.54 Å². The average Bonchev–Trinajstić information content (AvgIpc) is 2.84. The Kier molecular flexibility index (Phi) is 5.56. The Hall–Kier alpha value is -1.39. The highest BCUT2D eigenvalue weighted by Gasteiger charge is 2.12. The van der Waals surface area contributed by atoms with Crippen LogP contribution in [0.5, 0.6) is 5.75 Å². The van der Waals surface area contributed by atoms with E-state index >= 15 is 0 Å². The standard InChI is InChI=1S/C16H22N2OS/c1-3-8-17-14(10-16-18-12(2)11-20-16)9-13-4-6-15(19)7-5-13/h4-7,11,14,17,19H,3,8-10H2,1-2H3. The molecule has 0 radical (unpaired) electrons. The second-order valence-corrected chi connectivity index (χ2v) is 6.05. The van der Waals surface area contributed by atoms with E-state index in [2.05, 4.69) is 22.6 Å². The van der Waals surface area contributed by atoms with Crippen LogP contribution in [0, 0.1) is 6.92 Å². The highest BCUT2D eigenvalue weighted by atomic mass is 32.1. The molecule has 0 bridgehead atoms. The van der Waals surface area contributed by atoms with Gasteiger partial charge in [-0.3, -0.25) is 0 Å². The second kappa shape index (κ2) is 7.41. The molecule has 0 amide bonds.